The molecule has 0 fully saturated rings. The van der Waals surface area contributed by atoms with Crippen LogP contribution in [0.1, 0.15) is 21.5 Å². The summed E-state index contributed by atoms with van der Waals surface area (Å²) in [6.45, 7) is 0. The molecule has 0 bridgehead atoms. The number of benzene rings is 2. The van der Waals surface area contributed by atoms with E-state index in [9.17, 15) is 31.1 Å². The molecule has 0 aliphatic carbocycles. The fraction of sp³-hybridized carbons (Fsp3) is 0.0667. The lowest BCUT2D eigenvalue weighted by Gasteiger charge is -2.15. The van der Waals surface area contributed by atoms with E-state index < -0.39 is 46.3 Å². The Hall–Kier alpha value is -3.22. The van der Waals surface area contributed by atoms with Crippen LogP contribution in [0.2, 0.25) is 0 Å². The number of rotatable bonds is 3. The maximum absolute atomic E-state index is 13.5. The molecule has 130 valence electrons. The second kappa shape index (κ2) is 6.72. The number of halogens is 6. The van der Waals surface area contributed by atoms with E-state index in [1.807, 2.05) is 5.43 Å². The third-order valence-corrected chi connectivity index (χ3v) is 3.04. The van der Waals surface area contributed by atoms with E-state index in [0.717, 1.165) is 12.1 Å². The summed E-state index contributed by atoms with van der Waals surface area (Å²) < 4.78 is 78.9. The Morgan fingerprint density at radius 2 is 1.68 bits per heavy atom. The van der Waals surface area contributed by atoms with Crippen molar-refractivity contribution in [2.45, 2.75) is 6.18 Å². The molecule has 0 spiro atoms. The molecular formula is C15H7F6N3O. The molecule has 2 aromatic carbocycles. The summed E-state index contributed by atoms with van der Waals surface area (Å²) in [4.78, 5) is 11.7. The van der Waals surface area contributed by atoms with Crippen LogP contribution in [0, 0.1) is 28.8 Å². The fourth-order valence-corrected chi connectivity index (χ4v) is 1.88. The Bertz CT molecular complexity index is 873. The van der Waals surface area contributed by atoms with Gasteiger partial charge >= 0.3 is 6.18 Å². The molecule has 0 aliphatic rings. The molecule has 0 aromatic heterocycles. The quantitative estimate of drug-likeness (QED) is 0.498. The van der Waals surface area contributed by atoms with E-state index in [1.165, 1.54) is 6.07 Å². The predicted molar refractivity (Wildman–Crippen MR) is 73.6 cm³/mol. The van der Waals surface area contributed by atoms with Crippen molar-refractivity contribution < 1.29 is 31.1 Å². The van der Waals surface area contributed by atoms with Crippen LogP contribution in [-0.2, 0) is 6.18 Å². The maximum Gasteiger partial charge on any atom is 0.418 e. The van der Waals surface area contributed by atoms with Crippen LogP contribution in [0.5, 0.6) is 0 Å². The molecule has 0 radical (unpaired) electrons. The zero-order valence-corrected chi connectivity index (χ0v) is 12.0. The Labute approximate surface area is 136 Å². The SMILES string of the molecule is N#Cc1ccc(NNC(=O)c2c(F)ccc(F)c2F)c(C(F)(F)F)c1. The Balaban J connectivity index is 2.30. The standard InChI is InChI=1S/C15H7F6N3O/c16-9-2-3-10(17)13(18)12(9)14(25)24-23-11-4-1-7(6-22)5-8(11)15(19,20)21/h1-5,23H,(H,24,25). The van der Waals surface area contributed by atoms with Crippen LogP contribution in [0.4, 0.5) is 32.0 Å². The molecule has 10 heteroatoms. The number of nitriles is 1. The highest BCUT2D eigenvalue weighted by molar-refractivity contribution is 5.95. The zero-order chi connectivity index (χ0) is 18.8. The third-order valence-electron chi connectivity index (χ3n) is 3.04. The van der Waals surface area contributed by atoms with E-state index in [0.29, 0.717) is 18.2 Å². The second-order valence-electron chi connectivity index (χ2n) is 4.67. The van der Waals surface area contributed by atoms with Crippen molar-refractivity contribution in [1.29, 1.82) is 5.26 Å². The first-order valence-electron chi connectivity index (χ1n) is 6.46. The minimum Gasteiger partial charge on any atom is -0.298 e. The number of hydrogen-bond donors (Lipinski definition) is 2. The highest BCUT2D eigenvalue weighted by atomic mass is 19.4. The van der Waals surface area contributed by atoms with E-state index in [1.54, 1.807) is 5.43 Å². The Morgan fingerprint density at radius 1 is 1.04 bits per heavy atom. The predicted octanol–water partition coefficient (Wildman–Crippen LogP) is 3.75. The van der Waals surface area contributed by atoms with Gasteiger partial charge in [0.05, 0.1) is 22.9 Å². The van der Waals surface area contributed by atoms with Crippen LogP contribution in [0.15, 0.2) is 30.3 Å². The van der Waals surface area contributed by atoms with Gasteiger partial charge in [0.2, 0.25) is 0 Å². The minimum atomic E-state index is -4.87. The molecule has 0 saturated carbocycles. The lowest BCUT2D eigenvalue weighted by atomic mass is 10.1. The molecule has 0 unspecified atom stereocenters. The van der Waals surface area contributed by atoms with Crippen molar-refractivity contribution in [3.05, 3.63) is 64.5 Å². The fourth-order valence-electron chi connectivity index (χ4n) is 1.88. The summed E-state index contributed by atoms with van der Waals surface area (Å²) in [5.41, 5.74) is -0.0227. The van der Waals surface area contributed by atoms with Gasteiger partial charge in [0, 0.05) is 0 Å². The number of amides is 1. The van der Waals surface area contributed by atoms with Crippen molar-refractivity contribution >= 4 is 11.6 Å². The summed E-state index contributed by atoms with van der Waals surface area (Å²) in [6.07, 6.45) is -4.87. The molecule has 2 aromatic rings. The van der Waals surface area contributed by atoms with Crippen LogP contribution in [-0.4, -0.2) is 5.91 Å². The van der Waals surface area contributed by atoms with Gasteiger partial charge < -0.3 is 0 Å². The van der Waals surface area contributed by atoms with Gasteiger partial charge in [-0.1, -0.05) is 0 Å². The van der Waals surface area contributed by atoms with Crippen molar-refractivity contribution in [3.8, 4) is 6.07 Å². The summed E-state index contributed by atoms with van der Waals surface area (Å²) in [5.74, 6) is -6.20. The van der Waals surface area contributed by atoms with E-state index in [4.69, 9.17) is 5.26 Å². The maximum atomic E-state index is 13.5. The lowest BCUT2D eigenvalue weighted by Crippen LogP contribution is -2.32. The molecule has 0 heterocycles. The molecule has 2 rings (SSSR count). The molecule has 25 heavy (non-hydrogen) atoms. The minimum absolute atomic E-state index is 0.286. The van der Waals surface area contributed by atoms with Gasteiger partial charge in [-0.3, -0.25) is 15.6 Å². The van der Waals surface area contributed by atoms with Gasteiger partial charge in [-0.15, -0.1) is 0 Å². The van der Waals surface area contributed by atoms with Crippen LogP contribution < -0.4 is 10.9 Å². The molecule has 0 aliphatic heterocycles. The lowest BCUT2D eigenvalue weighted by molar-refractivity contribution is -0.137. The number of alkyl halides is 3. The average Bonchev–Trinajstić information content (AvgIpc) is 2.55. The highest BCUT2D eigenvalue weighted by Crippen LogP contribution is 2.35. The molecule has 0 atom stereocenters. The van der Waals surface area contributed by atoms with Crippen LogP contribution in [0.3, 0.4) is 0 Å². The molecule has 1 amide bonds. The number of anilines is 1. The number of hydrazine groups is 1. The van der Waals surface area contributed by atoms with Gasteiger partial charge in [0.25, 0.3) is 5.91 Å². The summed E-state index contributed by atoms with van der Waals surface area (Å²) in [5, 5.41) is 8.65. The first-order chi connectivity index (χ1) is 11.6. The van der Waals surface area contributed by atoms with Crippen molar-refractivity contribution in [3.63, 3.8) is 0 Å². The first kappa shape index (κ1) is 18.1. The molecule has 0 saturated heterocycles. The van der Waals surface area contributed by atoms with E-state index >= 15 is 0 Å². The van der Waals surface area contributed by atoms with Gasteiger partial charge in [-0.2, -0.15) is 18.4 Å². The third kappa shape index (κ3) is 3.82. The Morgan fingerprint density at radius 3 is 2.28 bits per heavy atom. The number of nitrogens with one attached hydrogen (secondary N) is 2. The summed E-state index contributed by atoms with van der Waals surface area (Å²) in [6, 6.07) is 4.88. The normalized spacial score (nSPS) is 10.9. The Kier molecular flexibility index (Phi) is 4.87. The molecule has 4 nitrogen and oxygen atoms in total. The van der Waals surface area contributed by atoms with Crippen LogP contribution >= 0.6 is 0 Å². The summed E-state index contributed by atoms with van der Waals surface area (Å²) >= 11 is 0. The first-order valence-corrected chi connectivity index (χ1v) is 6.46. The molecular weight excluding hydrogens is 352 g/mol. The van der Waals surface area contributed by atoms with Gasteiger partial charge in [0.1, 0.15) is 11.4 Å². The zero-order valence-electron chi connectivity index (χ0n) is 12.0. The number of carbonyl (C=O) groups is 1. The van der Waals surface area contributed by atoms with Gasteiger partial charge in [0.15, 0.2) is 11.6 Å². The van der Waals surface area contributed by atoms with Crippen molar-refractivity contribution in [2.75, 3.05) is 5.43 Å². The monoisotopic (exact) mass is 359 g/mol. The van der Waals surface area contributed by atoms with Crippen molar-refractivity contribution in [2.24, 2.45) is 0 Å². The van der Waals surface area contributed by atoms with E-state index in [2.05, 4.69) is 0 Å². The van der Waals surface area contributed by atoms with Crippen molar-refractivity contribution in [1.82, 2.24) is 5.43 Å². The second-order valence-corrected chi connectivity index (χ2v) is 4.67. The smallest absolute Gasteiger partial charge is 0.298 e. The topological polar surface area (TPSA) is 64.9 Å². The number of carbonyl (C=O) groups excluding carboxylic acids is 1. The highest BCUT2D eigenvalue weighted by Gasteiger charge is 2.34. The number of nitrogens with zero attached hydrogens (tertiary/aromatic N) is 1. The average molecular weight is 359 g/mol. The van der Waals surface area contributed by atoms with Crippen LogP contribution in [0.25, 0.3) is 0 Å². The van der Waals surface area contributed by atoms with Gasteiger partial charge in [-0.25, -0.2) is 13.2 Å². The molecule has 2 N–H and O–H groups in total. The largest absolute Gasteiger partial charge is 0.418 e. The van der Waals surface area contributed by atoms with E-state index in [-0.39, 0.29) is 5.56 Å². The number of hydrogen-bond acceptors (Lipinski definition) is 3. The summed E-state index contributed by atoms with van der Waals surface area (Å²) in [7, 11) is 0. The van der Waals surface area contributed by atoms with Gasteiger partial charge in [-0.05, 0) is 30.3 Å².